The zero-order chi connectivity index (χ0) is 11.7. The quantitative estimate of drug-likeness (QED) is 0.829. The van der Waals surface area contributed by atoms with Gasteiger partial charge in [0.25, 0.3) is 5.91 Å². The van der Waals surface area contributed by atoms with E-state index < -0.39 is 5.91 Å². The first-order chi connectivity index (χ1) is 7.61. The predicted octanol–water partition coefficient (Wildman–Crippen LogP) is 2.45. The van der Waals surface area contributed by atoms with Crippen molar-refractivity contribution < 1.29 is 4.79 Å². The van der Waals surface area contributed by atoms with Crippen LogP contribution in [0.1, 0.15) is 58.8 Å². The average molecular weight is 218 g/mol. The third-order valence-corrected chi connectivity index (χ3v) is 3.63. The number of pyridine rings is 1. The smallest absolute Gasteiger partial charge is 0.267 e. The molecule has 3 heteroatoms. The van der Waals surface area contributed by atoms with E-state index >= 15 is 0 Å². The molecule has 16 heavy (non-hydrogen) atoms. The molecule has 0 bridgehead atoms. The number of nitrogens with two attached hydrogens (primary N) is 1. The van der Waals surface area contributed by atoms with Crippen molar-refractivity contribution in [3.05, 3.63) is 28.6 Å². The van der Waals surface area contributed by atoms with Crippen LogP contribution >= 0.6 is 0 Å². The first-order valence-electron chi connectivity index (χ1n) is 5.87. The molecule has 2 N–H and O–H groups in total. The van der Waals surface area contributed by atoms with Crippen LogP contribution in [0.2, 0.25) is 0 Å². The van der Waals surface area contributed by atoms with Crippen LogP contribution < -0.4 is 5.73 Å². The van der Waals surface area contributed by atoms with Gasteiger partial charge >= 0.3 is 0 Å². The molecule has 0 spiro atoms. The third-order valence-electron chi connectivity index (χ3n) is 3.63. The number of amides is 1. The number of rotatable bonds is 2. The van der Waals surface area contributed by atoms with E-state index in [1.54, 1.807) is 6.20 Å². The minimum atomic E-state index is -0.398. The van der Waals surface area contributed by atoms with E-state index in [-0.39, 0.29) is 0 Å². The normalized spacial score (nSPS) is 16.6. The molecule has 1 amide bonds. The number of hydrogen-bond donors (Lipinski definition) is 1. The zero-order valence-electron chi connectivity index (χ0n) is 9.92. The van der Waals surface area contributed by atoms with Gasteiger partial charge in [-0.05, 0) is 49.3 Å². The summed E-state index contributed by atoms with van der Waals surface area (Å²) >= 11 is 0. The number of aromatic nitrogens is 1. The summed E-state index contributed by atoms with van der Waals surface area (Å²) in [4.78, 5) is 15.6. The van der Waals surface area contributed by atoms with Crippen LogP contribution in [-0.2, 0) is 0 Å². The maximum atomic E-state index is 11.4. The lowest BCUT2D eigenvalue weighted by molar-refractivity contribution is 0.0994. The Bertz CT molecular complexity index is 420. The molecule has 0 unspecified atom stereocenters. The first kappa shape index (κ1) is 11.1. The Morgan fingerprint density at radius 3 is 2.56 bits per heavy atom. The largest absolute Gasteiger partial charge is 0.364 e. The van der Waals surface area contributed by atoms with Crippen molar-refractivity contribution >= 4 is 5.91 Å². The van der Waals surface area contributed by atoms with Crippen molar-refractivity contribution in [3.63, 3.8) is 0 Å². The average Bonchev–Trinajstić information content (AvgIpc) is 2.74. The molecule has 0 atom stereocenters. The Kier molecular flexibility index (Phi) is 2.95. The summed E-state index contributed by atoms with van der Waals surface area (Å²) < 4.78 is 0. The van der Waals surface area contributed by atoms with Gasteiger partial charge in [0.15, 0.2) is 0 Å². The number of carbonyl (C=O) groups excluding carboxylic acids is 1. The molecule has 1 fully saturated rings. The Morgan fingerprint density at radius 1 is 1.38 bits per heavy atom. The van der Waals surface area contributed by atoms with Crippen molar-refractivity contribution in [3.8, 4) is 0 Å². The summed E-state index contributed by atoms with van der Waals surface area (Å²) in [5, 5.41) is 0. The van der Waals surface area contributed by atoms with Gasteiger partial charge in [0.2, 0.25) is 0 Å². The third kappa shape index (κ3) is 1.82. The first-order valence-corrected chi connectivity index (χ1v) is 5.87. The zero-order valence-corrected chi connectivity index (χ0v) is 9.92. The molecule has 0 radical (unpaired) electrons. The van der Waals surface area contributed by atoms with E-state index in [4.69, 9.17) is 5.73 Å². The second kappa shape index (κ2) is 4.24. The molecular weight excluding hydrogens is 200 g/mol. The second-order valence-corrected chi connectivity index (χ2v) is 4.67. The lowest BCUT2D eigenvalue weighted by atomic mass is 9.90. The van der Waals surface area contributed by atoms with Gasteiger partial charge in [-0.3, -0.25) is 9.78 Å². The van der Waals surface area contributed by atoms with Crippen LogP contribution in [0.25, 0.3) is 0 Å². The van der Waals surface area contributed by atoms with Crippen molar-refractivity contribution in [1.82, 2.24) is 4.98 Å². The molecule has 1 aromatic heterocycles. The Hall–Kier alpha value is -1.38. The summed E-state index contributed by atoms with van der Waals surface area (Å²) in [5.41, 5.74) is 9.32. The van der Waals surface area contributed by atoms with Gasteiger partial charge in [-0.25, -0.2) is 0 Å². The fourth-order valence-corrected chi connectivity index (χ4v) is 2.63. The van der Waals surface area contributed by atoms with Crippen LogP contribution in [0, 0.1) is 13.8 Å². The molecule has 2 rings (SSSR count). The van der Waals surface area contributed by atoms with Gasteiger partial charge < -0.3 is 5.73 Å². The van der Waals surface area contributed by atoms with Crippen LogP contribution in [0.4, 0.5) is 0 Å². The molecule has 1 aromatic rings. The molecule has 1 heterocycles. The molecule has 1 aliphatic rings. The Morgan fingerprint density at radius 2 is 2.00 bits per heavy atom. The number of primary amides is 1. The summed E-state index contributed by atoms with van der Waals surface area (Å²) in [6.45, 7) is 4.10. The van der Waals surface area contributed by atoms with Crippen molar-refractivity contribution in [2.75, 3.05) is 0 Å². The van der Waals surface area contributed by atoms with Gasteiger partial charge in [0.1, 0.15) is 5.69 Å². The van der Waals surface area contributed by atoms with Gasteiger partial charge in [0.05, 0.1) is 0 Å². The lowest BCUT2D eigenvalue weighted by Gasteiger charge is -2.17. The highest BCUT2D eigenvalue weighted by Crippen LogP contribution is 2.37. The molecule has 0 aliphatic heterocycles. The Labute approximate surface area is 96.1 Å². The number of aryl methyl sites for hydroxylation is 1. The predicted molar refractivity (Wildman–Crippen MR) is 63.4 cm³/mol. The topological polar surface area (TPSA) is 56.0 Å². The standard InChI is InChI=1S/C13H18N2O/c1-8-7-15-12(13(14)16)11(9(8)2)10-5-3-4-6-10/h7,10H,3-6H2,1-2H3,(H2,14,16). The fourth-order valence-electron chi connectivity index (χ4n) is 2.63. The second-order valence-electron chi connectivity index (χ2n) is 4.67. The number of nitrogens with zero attached hydrogens (tertiary/aromatic N) is 1. The lowest BCUT2D eigenvalue weighted by Crippen LogP contribution is -2.18. The molecular formula is C13H18N2O. The maximum Gasteiger partial charge on any atom is 0.267 e. The fraction of sp³-hybridized carbons (Fsp3) is 0.538. The molecule has 3 nitrogen and oxygen atoms in total. The van der Waals surface area contributed by atoms with E-state index in [2.05, 4.69) is 11.9 Å². The molecule has 0 saturated heterocycles. The Balaban J connectivity index is 2.53. The summed E-state index contributed by atoms with van der Waals surface area (Å²) in [5.74, 6) is 0.0832. The monoisotopic (exact) mass is 218 g/mol. The van der Waals surface area contributed by atoms with E-state index in [1.165, 1.54) is 18.4 Å². The number of carbonyl (C=O) groups is 1. The highest BCUT2D eigenvalue weighted by atomic mass is 16.1. The van der Waals surface area contributed by atoms with Crippen LogP contribution in [0.3, 0.4) is 0 Å². The van der Waals surface area contributed by atoms with Crippen molar-refractivity contribution in [1.29, 1.82) is 0 Å². The highest BCUT2D eigenvalue weighted by molar-refractivity contribution is 5.93. The van der Waals surface area contributed by atoms with E-state index in [9.17, 15) is 4.79 Å². The minimum absolute atomic E-state index is 0.398. The van der Waals surface area contributed by atoms with Crippen LogP contribution in [-0.4, -0.2) is 10.9 Å². The summed E-state index contributed by atoms with van der Waals surface area (Å²) in [6, 6.07) is 0. The summed E-state index contributed by atoms with van der Waals surface area (Å²) in [7, 11) is 0. The number of hydrogen-bond acceptors (Lipinski definition) is 2. The van der Waals surface area contributed by atoms with Crippen LogP contribution in [0.15, 0.2) is 6.20 Å². The minimum Gasteiger partial charge on any atom is -0.364 e. The van der Waals surface area contributed by atoms with E-state index in [0.29, 0.717) is 11.6 Å². The van der Waals surface area contributed by atoms with Gasteiger partial charge in [-0.2, -0.15) is 0 Å². The molecule has 0 aromatic carbocycles. The SMILES string of the molecule is Cc1cnc(C(N)=O)c(C2CCCC2)c1C. The van der Waals surface area contributed by atoms with E-state index in [0.717, 1.165) is 24.0 Å². The highest BCUT2D eigenvalue weighted by Gasteiger charge is 2.25. The van der Waals surface area contributed by atoms with E-state index in [1.807, 2.05) is 6.92 Å². The van der Waals surface area contributed by atoms with Crippen molar-refractivity contribution in [2.24, 2.45) is 5.73 Å². The molecule has 1 saturated carbocycles. The molecule has 1 aliphatic carbocycles. The van der Waals surface area contributed by atoms with Gasteiger partial charge in [0, 0.05) is 6.20 Å². The van der Waals surface area contributed by atoms with Crippen LogP contribution in [0.5, 0.6) is 0 Å². The maximum absolute atomic E-state index is 11.4. The van der Waals surface area contributed by atoms with Gasteiger partial charge in [-0.1, -0.05) is 12.8 Å². The van der Waals surface area contributed by atoms with Crippen molar-refractivity contribution in [2.45, 2.75) is 45.4 Å². The molecule has 86 valence electrons. The summed E-state index contributed by atoms with van der Waals surface area (Å²) in [6.07, 6.45) is 6.55. The van der Waals surface area contributed by atoms with Gasteiger partial charge in [-0.15, -0.1) is 0 Å².